The number of likely N-dealkylation sites (N-methyl/N-ethyl adjacent to an activating group) is 1. The van der Waals surface area contributed by atoms with Gasteiger partial charge in [-0.25, -0.2) is 0 Å². The van der Waals surface area contributed by atoms with E-state index in [1.807, 2.05) is 6.92 Å². The van der Waals surface area contributed by atoms with Crippen molar-refractivity contribution in [2.24, 2.45) is 0 Å². The van der Waals surface area contributed by atoms with Crippen LogP contribution in [0.4, 0.5) is 5.69 Å². The highest BCUT2D eigenvalue weighted by molar-refractivity contribution is 5.95. The molecule has 0 aliphatic carbocycles. The van der Waals surface area contributed by atoms with Gasteiger partial charge in [-0.15, -0.1) is 0 Å². The summed E-state index contributed by atoms with van der Waals surface area (Å²) in [6.07, 6.45) is 2.20. The van der Waals surface area contributed by atoms with Crippen LogP contribution in [0.25, 0.3) is 0 Å². The molecule has 6 nitrogen and oxygen atoms in total. The van der Waals surface area contributed by atoms with Crippen LogP contribution >= 0.6 is 0 Å². The number of nitro groups is 1. The van der Waals surface area contributed by atoms with Crippen LogP contribution in [0.3, 0.4) is 0 Å². The van der Waals surface area contributed by atoms with Crippen molar-refractivity contribution in [2.75, 3.05) is 19.6 Å². The minimum absolute atomic E-state index is 0.0339. The molecule has 1 aromatic carbocycles. The van der Waals surface area contributed by atoms with Gasteiger partial charge in [0.05, 0.1) is 4.92 Å². The van der Waals surface area contributed by atoms with Gasteiger partial charge < -0.3 is 10.2 Å². The molecule has 1 aliphatic heterocycles. The third kappa shape index (κ3) is 3.78. The lowest BCUT2D eigenvalue weighted by Crippen LogP contribution is -2.41. The summed E-state index contributed by atoms with van der Waals surface area (Å²) in [5.74, 6) is -0.141. The first kappa shape index (κ1) is 15.4. The Balaban J connectivity index is 2.18. The van der Waals surface area contributed by atoms with Crippen molar-refractivity contribution in [2.45, 2.75) is 32.7 Å². The zero-order valence-corrected chi connectivity index (χ0v) is 12.5. The normalized spacial score (nSPS) is 17.7. The molecule has 1 aliphatic rings. The van der Waals surface area contributed by atoms with Gasteiger partial charge in [0, 0.05) is 36.8 Å². The molecule has 1 aromatic rings. The first-order valence-electron chi connectivity index (χ1n) is 7.30. The van der Waals surface area contributed by atoms with Gasteiger partial charge in [0.15, 0.2) is 0 Å². The summed E-state index contributed by atoms with van der Waals surface area (Å²) in [5.41, 5.74) is 1.08. The average Bonchev–Trinajstić information content (AvgIpc) is 2.96. The Hall–Kier alpha value is -1.95. The van der Waals surface area contributed by atoms with Crippen molar-refractivity contribution in [1.82, 2.24) is 10.2 Å². The van der Waals surface area contributed by atoms with E-state index in [0.717, 1.165) is 24.9 Å². The highest BCUT2D eigenvalue weighted by Gasteiger charge is 2.22. The highest BCUT2D eigenvalue weighted by Crippen LogP contribution is 2.19. The fourth-order valence-electron chi connectivity index (χ4n) is 2.71. The second kappa shape index (κ2) is 6.67. The number of nitrogens with zero attached hydrogens (tertiary/aromatic N) is 2. The molecule has 0 aromatic heterocycles. The van der Waals surface area contributed by atoms with Crippen LogP contribution in [0.1, 0.15) is 35.7 Å². The zero-order chi connectivity index (χ0) is 15.4. The number of nitrogens with one attached hydrogen (secondary N) is 1. The summed E-state index contributed by atoms with van der Waals surface area (Å²) in [6, 6.07) is 4.87. The quantitative estimate of drug-likeness (QED) is 0.666. The van der Waals surface area contributed by atoms with Gasteiger partial charge >= 0.3 is 0 Å². The van der Waals surface area contributed by atoms with Crippen molar-refractivity contribution in [3.05, 3.63) is 39.4 Å². The number of amides is 1. The number of nitro benzene ring substituents is 1. The van der Waals surface area contributed by atoms with Crippen LogP contribution in [0.5, 0.6) is 0 Å². The molecule has 1 heterocycles. The molecule has 1 atom stereocenters. The SMILES string of the molecule is CCN(CC1CCCN1)C(=O)c1cc(C)cc([N+](=O)[O-])c1. The number of non-ortho nitro benzene ring substituents is 1. The molecule has 1 amide bonds. The standard InChI is InChI=1S/C15H21N3O3/c1-3-17(10-13-5-4-6-16-13)15(19)12-7-11(2)8-14(9-12)18(20)21/h7-9,13,16H,3-6,10H2,1-2H3. The fraction of sp³-hybridized carbons (Fsp3) is 0.533. The number of hydrogen-bond donors (Lipinski definition) is 1. The number of carbonyl (C=O) groups excluding carboxylic acids is 1. The minimum Gasteiger partial charge on any atom is -0.337 e. The Morgan fingerprint density at radius 1 is 1.48 bits per heavy atom. The van der Waals surface area contributed by atoms with E-state index in [0.29, 0.717) is 24.7 Å². The van der Waals surface area contributed by atoms with Gasteiger partial charge in [-0.05, 0) is 44.9 Å². The van der Waals surface area contributed by atoms with E-state index in [9.17, 15) is 14.9 Å². The van der Waals surface area contributed by atoms with E-state index >= 15 is 0 Å². The molecule has 6 heteroatoms. The lowest BCUT2D eigenvalue weighted by molar-refractivity contribution is -0.384. The third-order valence-electron chi connectivity index (χ3n) is 3.79. The van der Waals surface area contributed by atoms with Crippen LogP contribution in [0.15, 0.2) is 18.2 Å². The van der Waals surface area contributed by atoms with Crippen LogP contribution in [-0.4, -0.2) is 41.4 Å². The summed E-state index contributed by atoms with van der Waals surface area (Å²) in [6.45, 7) is 5.93. The van der Waals surface area contributed by atoms with E-state index < -0.39 is 4.92 Å². The predicted molar refractivity (Wildman–Crippen MR) is 80.4 cm³/mol. The second-order valence-electron chi connectivity index (χ2n) is 5.45. The Bertz CT molecular complexity index is 539. The van der Waals surface area contributed by atoms with Crippen molar-refractivity contribution in [1.29, 1.82) is 0 Å². The lowest BCUT2D eigenvalue weighted by Gasteiger charge is -2.24. The molecule has 0 bridgehead atoms. The van der Waals surface area contributed by atoms with E-state index in [1.54, 1.807) is 17.9 Å². The van der Waals surface area contributed by atoms with Crippen molar-refractivity contribution >= 4 is 11.6 Å². The van der Waals surface area contributed by atoms with Gasteiger partial charge in [-0.3, -0.25) is 14.9 Å². The van der Waals surface area contributed by atoms with Gasteiger partial charge in [0.25, 0.3) is 11.6 Å². The number of carbonyl (C=O) groups is 1. The monoisotopic (exact) mass is 291 g/mol. The number of benzene rings is 1. The molecule has 1 N–H and O–H groups in total. The van der Waals surface area contributed by atoms with Gasteiger partial charge in [0.1, 0.15) is 0 Å². The Morgan fingerprint density at radius 3 is 2.81 bits per heavy atom. The lowest BCUT2D eigenvalue weighted by atomic mass is 10.1. The molecule has 0 saturated carbocycles. The molecule has 0 spiro atoms. The largest absolute Gasteiger partial charge is 0.337 e. The smallest absolute Gasteiger partial charge is 0.270 e. The number of hydrogen-bond acceptors (Lipinski definition) is 4. The Morgan fingerprint density at radius 2 is 2.24 bits per heavy atom. The summed E-state index contributed by atoms with van der Waals surface area (Å²) < 4.78 is 0. The molecule has 1 saturated heterocycles. The van der Waals surface area contributed by atoms with E-state index in [1.165, 1.54) is 12.1 Å². The van der Waals surface area contributed by atoms with Crippen molar-refractivity contribution in [3.8, 4) is 0 Å². The maximum atomic E-state index is 12.6. The second-order valence-corrected chi connectivity index (χ2v) is 5.45. The van der Waals surface area contributed by atoms with E-state index in [2.05, 4.69) is 5.32 Å². The highest BCUT2D eigenvalue weighted by atomic mass is 16.6. The van der Waals surface area contributed by atoms with Gasteiger partial charge in [-0.1, -0.05) is 0 Å². The maximum absolute atomic E-state index is 12.6. The summed E-state index contributed by atoms with van der Waals surface area (Å²) in [4.78, 5) is 24.8. The Kier molecular flexibility index (Phi) is 4.90. The molecule has 21 heavy (non-hydrogen) atoms. The maximum Gasteiger partial charge on any atom is 0.270 e. The number of aryl methyl sites for hydroxylation is 1. The molecular weight excluding hydrogens is 270 g/mol. The zero-order valence-electron chi connectivity index (χ0n) is 12.5. The summed E-state index contributed by atoms with van der Waals surface area (Å²) in [7, 11) is 0. The van der Waals surface area contributed by atoms with Crippen LogP contribution < -0.4 is 5.32 Å². The average molecular weight is 291 g/mol. The molecular formula is C15H21N3O3. The van der Waals surface area contributed by atoms with E-state index in [4.69, 9.17) is 0 Å². The van der Waals surface area contributed by atoms with Gasteiger partial charge in [-0.2, -0.15) is 0 Å². The topological polar surface area (TPSA) is 75.5 Å². The van der Waals surface area contributed by atoms with Crippen LogP contribution in [-0.2, 0) is 0 Å². The summed E-state index contributed by atoms with van der Waals surface area (Å²) >= 11 is 0. The Labute approximate surface area is 124 Å². The molecule has 1 fully saturated rings. The van der Waals surface area contributed by atoms with Crippen molar-refractivity contribution in [3.63, 3.8) is 0 Å². The van der Waals surface area contributed by atoms with E-state index in [-0.39, 0.29) is 11.6 Å². The van der Waals surface area contributed by atoms with Crippen LogP contribution in [0, 0.1) is 17.0 Å². The third-order valence-corrected chi connectivity index (χ3v) is 3.79. The molecule has 0 radical (unpaired) electrons. The van der Waals surface area contributed by atoms with Crippen LogP contribution in [0.2, 0.25) is 0 Å². The van der Waals surface area contributed by atoms with Crippen molar-refractivity contribution < 1.29 is 9.72 Å². The minimum atomic E-state index is -0.460. The van der Waals surface area contributed by atoms with Gasteiger partial charge in [0.2, 0.25) is 0 Å². The molecule has 2 rings (SSSR count). The molecule has 114 valence electrons. The fourth-order valence-corrected chi connectivity index (χ4v) is 2.71. The molecule has 1 unspecified atom stereocenters. The first-order chi connectivity index (χ1) is 10.0. The first-order valence-corrected chi connectivity index (χ1v) is 7.30. The summed E-state index contributed by atoms with van der Waals surface area (Å²) in [5, 5.41) is 14.3. The predicted octanol–water partition coefficient (Wildman–Crippen LogP) is 2.12. The number of rotatable bonds is 5.